The van der Waals surface area contributed by atoms with E-state index in [1.165, 1.54) is 21.8 Å². The van der Waals surface area contributed by atoms with Crippen LogP contribution in [0, 0.1) is 27.7 Å². The van der Waals surface area contributed by atoms with Crippen LogP contribution < -0.4 is 0 Å². The molecule has 0 aliphatic heterocycles. The van der Waals surface area contributed by atoms with E-state index in [9.17, 15) is 0 Å². The Labute approximate surface area is 287 Å². The van der Waals surface area contributed by atoms with Crippen molar-refractivity contribution in [1.29, 1.82) is 0 Å². The molecule has 0 aliphatic carbocycles. The molecule has 5 aromatic rings. The Balaban J connectivity index is 0.000000745. The van der Waals surface area contributed by atoms with Gasteiger partial charge in [-0.3, -0.25) is 0 Å². The fourth-order valence-corrected chi connectivity index (χ4v) is 4.23. The van der Waals surface area contributed by atoms with Crippen molar-refractivity contribution >= 4 is 79.9 Å². The number of aliphatic imine (C=N–C) groups is 2. The first-order valence-electron chi connectivity index (χ1n) is 12.4. The molecule has 6 nitrogen and oxygen atoms in total. The topological polar surface area (TPSA) is 60.4 Å². The molecule has 0 atom stereocenters. The molecule has 0 bridgehead atoms. The Morgan fingerprint density at radius 2 is 0.857 bits per heavy atom. The molecular weight excluding hydrogens is 881 g/mol. The van der Waals surface area contributed by atoms with Crippen LogP contribution in [0.3, 0.4) is 0 Å². The molecule has 3 aromatic carbocycles. The first kappa shape index (κ1) is 34.8. The fourth-order valence-electron chi connectivity index (χ4n) is 4.23. The Morgan fingerprint density at radius 3 is 1.12 bits per heavy atom. The molecule has 0 spiro atoms. The Bertz CT molecular complexity index is 1440. The summed E-state index contributed by atoms with van der Waals surface area (Å²) in [6.07, 6.45) is 7.36. The summed E-state index contributed by atoms with van der Waals surface area (Å²) in [5.41, 5.74) is 8.32. The molecule has 5 rings (SSSR count). The van der Waals surface area contributed by atoms with E-state index in [0.717, 1.165) is 56.4 Å². The van der Waals surface area contributed by atoms with E-state index in [4.69, 9.17) is 9.98 Å². The van der Waals surface area contributed by atoms with Gasteiger partial charge in [-0.2, -0.15) is 10.2 Å². The molecule has 0 N–H and O–H groups in total. The van der Waals surface area contributed by atoms with Crippen molar-refractivity contribution < 1.29 is 21.8 Å². The van der Waals surface area contributed by atoms with Crippen molar-refractivity contribution in [1.82, 2.24) is 19.6 Å². The second-order valence-corrected chi connectivity index (χ2v) is 18.9. The van der Waals surface area contributed by atoms with Crippen molar-refractivity contribution in [3.8, 4) is 0 Å². The third-order valence-electron chi connectivity index (χ3n) is 6.16. The Kier molecular flexibility index (Phi) is 15.1. The van der Waals surface area contributed by atoms with E-state index in [1.54, 1.807) is 21.8 Å². The number of rotatable bonds is 4. The van der Waals surface area contributed by atoms with E-state index in [0.29, 0.717) is 0 Å². The zero-order chi connectivity index (χ0) is 30.5. The van der Waals surface area contributed by atoms with Gasteiger partial charge < -0.3 is 0 Å². The van der Waals surface area contributed by atoms with Gasteiger partial charge in [0.2, 0.25) is 0 Å². The maximum absolute atomic E-state index is 5.06. The quantitative estimate of drug-likeness (QED) is 0.103. The number of halogens is 4. The van der Waals surface area contributed by atoms with Gasteiger partial charge in [0.25, 0.3) is 0 Å². The van der Waals surface area contributed by atoms with Gasteiger partial charge in [-0.1, -0.05) is 60.7 Å². The van der Waals surface area contributed by atoms with Crippen molar-refractivity contribution in [3.63, 3.8) is 0 Å². The number of hydrogen-bond donors (Lipinski definition) is 0. The normalized spacial score (nSPS) is 11.5. The zero-order valence-electron chi connectivity index (χ0n) is 23.1. The first-order chi connectivity index (χ1) is 20.3. The molecule has 12 heteroatoms. The van der Waals surface area contributed by atoms with Crippen LogP contribution in [-0.4, -0.2) is 31.2 Å². The predicted molar refractivity (Wildman–Crippen MR) is 182 cm³/mol. The summed E-state index contributed by atoms with van der Waals surface area (Å²) in [7, 11) is 2.50. The summed E-state index contributed by atoms with van der Waals surface area (Å²) in [4.78, 5) is 10.1. The van der Waals surface area contributed by atoms with Crippen LogP contribution in [0.15, 0.2) is 108 Å². The monoisotopic (exact) mass is 904 g/mol. The number of aromatic nitrogens is 4. The van der Waals surface area contributed by atoms with E-state index in [-0.39, 0.29) is 0 Å². The van der Waals surface area contributed by atoms with Crippen LogP contribution in [0.5, 0.6) is 0 Å². The third kappa shape index (κ3) is 9.67. The van der Waals surface area contributed by atoms with Gasteiger partial charge in [0.1, 0.15) is 0 Å². The van der Waals surface area contributed by atoms with Crippen LogP contribution in [0.1, 0.15) is 33.4 Å². The summed E-state index contributed by atoms with van der Waals surface area (Å²) in [6, 6.07) is 24.5. The summed E-state index contributed by atoms with van der Waals surface area (Å²) < 4.78 is 3.61. The molecule has 0 saturated heterocycles. The summed E-state index contributed by atoms with van der Waals surface area (Å²) in [5.74, 6) is 1.52. The van der Waals surface area contributed by atoms with Crippen LogP contribution in [0.2, 0.25) is 0 Å². The van der Waals surface area contributed by atoms with Crippen molar-refractivity contribution in [2.24, 2.45) is 9.98 Å². The van der Waals surface area contributed by atoms with E-state index < -0.39 is 0 Å². The van der Waals surface area contributed by atoms with Crippen LogP contribution in [0.4, 0.5) is 11.4 Å². The molecule has 2 heterocycles. The number of hydrogen-bond acceptors (Lipinski definition) is 4. The molecule has 0 radical (unpaired) electrons. The van der Waals surface area contributed by atoms with Gasteiger partial charge in [-0.25, -0.2) is 19.3 Å². The van der Waals surface area contributed by atoms with Crippen LogP contribution in [0.25, 0.3) is 0 Å². The minimum atomic E-state index is 0.760. The van der Waals surface area contributed by atoms with Crippen LogP contribution >= 0.6 is 56.9 Å². The molecule has 226 valence electrons. The van der Waals surface area contributed by atoms with E-state index in [2.05, 4.69) is 155 Å². The summed E-state index contributed by atoms with van der Waals surface area (Å²) >= 11 is 12.0. The van der Waals surface area contributed by atoms with Gasteiger partial charge in [-0.15, -0.1) is 0 Å². The van der Waals surface area contributed by atoms with E-state index in [1.807, 2.05) is 24.5 Å². The van der Waals surface area contributed by atoms with Crippen molar-refractivity contribution in [2.75, 3.05) is 0 Å². The minimum absolute atomic E-state index is 0.760. The number of benzene rings is 3. The van der Waals surface area contributed by atoms with Gasteiger partial charge in [0, 0.05) is 35.9 Å². The van der Waals surface area contributed by atoms with Crippen molar-refractivity contribution in [2.45, 2.75) is 27.7 Å². The third-order valence-corrected chi connectivity index (χ3v) is 6.16. The van der Waals surface area contributed by atoms with Gasteiger partial charge in [0.05, 0.1) is 11.4 Å². The molecule has 0 amide bonds. The molecule has 42 heavy (non-hydrogen) atoms. The summed E-state index contributed by atoms with van der Waals surface area (Å²) in [6.45, 7) is 8.32. The second-order valence-electron chi connectivity index (χ2n) is 8.92. The number of para-hydroxylation sites is 2. The first-order valence-corrected chi connectivity index (χ1v) is 22.2. The van der Waals surface area contributed by atoms with Crippen molar-refractivity contribution in [3.05, 3.63) is 131 Å². The number of nitrogens with zero attached hydrogens (tertiary/aromatic N) is 6. The molecule has 0 saturated carbocycles. The maximum atomic E-state index is 5.06. The van der Waals surface area contributed by atoms with Gasteiger partial charge >= 0.3 is 78.7 Å². The van der Waals surface area contributed by atoms with Gasteiger partial charge in [-0.05, 0) is 62.1 Å². The second kappa shape index (κ2) is 18.2. The molecule has 0 fully saturated rings. The van der Waals surface area contributed by atoms with Crippen LogP contribution in [-0.2, 0) is 21.8 Å². The average Bonchev–Trinajstić information content (AvgIpc) is 3.70. The van der Waals surface area contributed by atoms with E-state index >= 15 is 0 Å². The average molecular weight is 910 g/mol. The standard InChI is InChI=1S/C30H28N6.4BrH.2Ni/c1-21-9-5-10-22(2)27(21)33-29(35-19-7-17-31-35)25-13-15-26(16-14-25)30(36-20-8-18-32-36)34-28-23(3)11-6-12-24(28)4;;;;;;/h5-20H,1-4H3;4*1H;;/q;;;;;2*+2/p-4. The molecule has 0 aliphatic rings. The number of aryl methyl sites for hydroxylation is 4. The van der Waals surface area contributed by atoms with Gasteiger partial charge in [0.15, 0.2) is 11.7 Å². The molecule has 0 unspecified atom stereocenters. The summed E-state index contributed by atoms with van der Waals surface area (Å²) in [5, 5.41) is 8.94. The fraction of sp³-hybridized carbons (Fsp3) is 0.133. The molecule has 2 aromatic heterocycles. The predicted octanol–water partition coefficient (Wildman–Crippen LogP) is 9.94. The zero-order valence-corrected chi connectivity index (χ0v) is 31.4. The Hall–Kier alpha value is -1.67. The molecular formula is C30H28Br4N6Ni2. The SMILES string of the molecule is Cc1cccc(C)c1N=C(c1ccc(C(=Nc2c(C)cccc2C)n2cccn2)cc1)n1cccn1.[Br][Ni][Br].[Br][Ni][Br]. The Morgan fingerprint density at radius 1 is 0.548 bits per heavy atom.